The molecule has 28 heavy (non-hydrogen) atoms. The molecule has 146 valence electrons. The van der Waals surface area contributed by atoms with Crippen molar-refractivity contribution in [1.82, 2.24) is 15.3 Å². The summed E-state index contributed by atoms with van der Waals surface area (Å²) in [5.41, 5.74) is 6.14. The van der Waals surface area contributed by atoms with Crippen LogP contribution in [0.4, 0.5) is 0 Å². The van der Waals surface area contributed by atoms with E-state index >= 15 is 0 Å². The molecule has 0 fully saturated rings. The van der Waals surface area contributed by atoms with E-state index in [4.69, 9.17) is 21.7 Å². The van der Waals surface area contributed by atoms with E-state index in [9.17, 15) is 0 Å². The van der Waals surface area contributed by atoms with E-state index < -0.39 is 0 Å². The maximum Gasteiger partial charge on any atom is 0.186 e. The molecule has 7 heteroatoms. The van der Waals surface area contributed by atoms with Gasteiger partial charge in [0.15, 0.2) is 5.11 Å². The Bertz CT molecular complexity index is 980. The highest BCUT2D eigenvalue weighted by molar-refractivity contribution is 7.80. The summed E-state index contributed by atoms with van der Waals surface area (Å²) in [4.78, 5) is 0. The number of para-hydroxylation sites is 1. The second-order valence-electron chi connectivity index (χ2n) is 6.14. The van der Waals surface area contributed by atoms with Crippen molar-refractivity contribution in [2.45, 2.75) is 13.5 Å². The van der Waals surface area contributed by atoms with Gasteiger partial charge in [0.2, 0.25) is 0 Å². The van der Waals surface area contributed by atoms with Crippen molar-refractivity contribution in [3.63, 3.8) is 0 Å². The first-order valence-corrected chi connectivity index (χ1v) is 9.40. The number of aromatic nitrogens is 1. The van der Waals surface area contributed by atoms with E-state index in [2.05, 4.69) is 39.5 Å². The minimum absolute atomic E-state index is 0.477. The van der Waals surface area contributed by atoms with E-state index in [0.29, 0.717) is 11.7 Å². The maximum atomic E-state index is 5.90. The largest absolute Gasteiger partial charge is 0.497 e. The van der Waals surface area contributed by atoms with Crippen LogP contribution in [0.25, 0.3) is 10.9 Å². The summed E-state index contributed by atoms with van der Waals surface area (Å²) in [6.07, 6.45) is 1.81. The lowest BCUT2D eigenvalue weighted by atomic mass is 10.1. The van der Waals surface area contributed by atoms with Gasteiger partial charge < -0.3 is 19.4 Å². The first kappa shape index (κ1) is 19.7. The van der Waals surface area contributed by atoms with Crippen LogP contribution in [0.15, 0.2) is 53.6 Å². The van der Waals surface area contributed by atoms with Gasteiger partial charge >= 0.3 is 0 Å². The first-order valence-electron chi connectivity index (χ1n) is 8.99. The Morgan fingerprint density at radius 1 is 1.14 bits per heavy atom. The average molecular weight is 397 g/mol. The molecule has 0 bridgehead atoms. The molecular weight excluding hydrogens is 372 g/mol. The zero-order chi connectivity index (χ0) is 19.9. The third-order valence-electron chi connectivity index (χ3n) is 4.51. The molecule has 0 aliphatic heterocycles. The first-order chi connectivity index (χ1) is 13.6. The van der Waals surface area contributed by atoms with Crippen LogP contribution in [-0.2, 0) is 6.54 Å². The number of rotatable bonds is 7. The van der Waals surface area contributed by atoms with Crippen molar-refractivity contribution in [3.05, 3.63) is 59.8 Å². The van der Waals surface area contributed by atoms with E-state index in [-0.39, 0.29) is 0 Å². The fourth-order valence-electron chi connectivity index (χ4n) is 3.05. The van der Waals surface area contributed by atoms with Crippen molar-refractivity contribution >= 4 is 34.4 Å². The van der Waals surface area contributed by atoms with Gasteiger partial charge in [-0.15, -0.1) is 0 Å². The highest BCUT2D eigenvalue weighted by Gasteiger charge is 2.12. The molecule has 0 saturated heterocycles. The summed E-state index contributed by atoms with van der Waals surface area (Å²) in [5.74, 6) is 1.64. The number of thiocarbonyl (C=S) groups is 1. The molecule has 1 heterocycles. The number of hydrogen-bond donors (Lipinski definition) is 2. The Labute approximate surface area is 170 Å². The molecule has 0 spiro atoms. The Morgan fingerprint density at radius 3 is 2.57 bits per heavy atom. The van der Waals surface area contributed by atoms with E-state index in [1.165, 1.54) is 0 Å². The monoisotopic (exact) mass is 396 g/mol. The van der Waals surface area contributed by atoms with E-state index in [1.807, 2.05) is 42.6 Å². The number of nitrogens with zero attached hydrogens (tertiary/aromatic N) is 2. The number of hydrazone groups is 1. The van der Waals surface area contributed by atoms with Crippen molar-refractivity contribution in [2.75, 3.05) is 20.8 Å². The zero-order valence-corrected chi connectivity index (χ0v) is 17.0. The fourth-order valence-corrected chi connectivity index (χ4v) is 3.10. The molecule has 3 rings (SSSR count). The van der Waals surface area contributed by atoms with Gasteiger partial charge in [0.1, 0.15) is 18.1 Å². The molecule has 2 N–H and O–H groups in total. The molecule has 0 aliphatic carbocycles. The third kappa shape index (κ3) is 4.43. The normalized spacial score (nSPS) is 11.0. The highest BCUT2D eigenvalue weighted by Crippen LogP contribution is 2.25. The van der Waals surface area contributed by atoms with Crippen LogP contribution in [-0.4, -0.2) is 36.7 Å². The Morgan fingerprint density at radius 2 is 1.86 bits per heavy atom. The van der Waals surface area contributed by atoms with Crippen LogP contribution < -0.4 is 20.2 Å². The van der Waals surface area contributed by atoms with Gasteiger partial charge in [-0.3, -0.25) is 5.43 Å². The van der Waals surface area contributed by atoms with Gasteiger partial charge in [-0.25, -0.2) is 0 Å². The van der Waals surface area contributed by atoms with Gasteiger partial charge in [0, 0.05) is 29.2 Å². The van der Waals surface area contributed by atoms with Crippen LogP contribution in [0.2, 0.25) is 0 Å². The van der Waals surface area contributed by atoms with Crippen LogP contribution in [0.1, 0.15) is 11.3 Å². The lowest BCUT2D eigenvalue weighted by Gasteiger charge is -2.11. The molecule has 0 saturated carbocycles. The number of hydrogen-bond acceptors (Lipinski definition) is 4. The van der Waals surface area contributed by atoms with Crippen LogP contribution >= 0.6 is 12.2 Å². The molecule has 0 atom stereocenters. The van der Waals surface area contributed by atoms with Crippen LogP contribution in [0.3, 0.4) is 0 Å². The molecule has 0 radical (unpaired) electrons. The van der Waals surface area contributed by atoms with Crippen LogP contribution in [0, 0.1) is 6.92 Å². The summed E-state index contributed by atoms with van der Waals surface area (Å²) in [6.45, 7) is 3.38. The number of nitrogens with one attached hydrogen (secondary N) is 2. The number of benzene rings is 2. The predicted octanol–water partition coefficient (Wildman–Crippen LogP) is 3.47. The van der Waals surface area contributed by atoms with Crippen LogP contribution in [0.5, 0.6) is 11.5 Å². The number of ether oxygens (including phenoxy) is 2. The van der Waals surface area contributed by atoms with Gasteiger partial charge in [0.05, 0.1) is 19.9 Å². The predicted molar refractivity (Wildman–Crippen MR) is 118 cm³/mol. The second kappa shape index (κ2) is 9.23. The van der Waals surface area contributed by atoms with Crippen molar-refractivity contribution in [2.24, 2.45) is 5.10 Å². The van der Waals surface area contributed by atoms with Gasteiger partial charge in [-0.1, -0.05) is 18.2 Å². The number of fused-ring (bicyclic) bond motifs is 1. The number of methoxy groups -OCH3 is 1. The fraction of sp³-hybridized carbons (Fsp3) is 0.238. The lowest BCUT2D eigenvalue weighted by Crippen LogP contribution is -2.28. The molecule has 1 aromatic heterocycles. The smallest absolute Gasteiger partial charge is 0.186 e. The summed E-state index contributed by atoms with van der Waals surface area (Å²) < 4.78 is 13.3. The van der Waals surface area contributed by atoms with E-state index in [1.54, 1.807) is 14.2 Å². The van der Waals surface area contributed by atoms with Crippen molar-refractivity contribution in [3.8, 4) is 11.5 Å². The van der Waals surface area contributed by atoms with Gasteiger partial charge in [-0.2, -0.15) is 5.10 Å². The molecule has 0 unspecified atom stereocenters. The maximum absolute atomic E-state index is 5.90. The summed E-state index contributed by atoms with van der Waals surface area (Å²) in [7, 11) is 3.41. The molecular formula is C21H24N4O2S. The van der Waals surface area contributed by atoms with Gasteiger partial charge in [-0.05, 0) is 49.5 Å². The minimum Gasteiger partial charge on any atom is -0.497 e. The molecule has 6 nitrogen and oxygen atoms in total. The zero-order valence-electron chi connectivity index (χ0n) is 16.2. The standard InChI is InChI=1S/C21H24N4O2S/c1-15-19(14-23-24-21(28)22-2)18-6-4-5-7-20(18)25(15)12-13-27-17-10-8-16(26-3)9-11-17/h4-11,14H,12-13H2,1-3H3,(H2,22,24,28). The second-order valence-corrected chi connectivity index (χ2v) is 6.55. The van der Waals surface area contributed by atoms with E-state index in [0.717, 1.165) is 40.2 Å². The van der Waals surface area contributed by atoms with Gasteiger partial charge in [0.25, 0.3) is 0 Å². The SMILES string of the molecule is CNC(=S)NN=Cc1c(C)n(CCOc2ccc(OC)cc2)c2ccccc12. The topological polar surface area (TPSA) is 59.8 Å². The lowest BCUT2D eigenvalue weighted by molar-refractivity contribution is 0.299. The summed E-state index contributed by atoms with van der Waals surface area (Å²) in [5, 5.41) is 8.70. The quantitative estimate of drug-likeness (QED) is 0.364. The summed E-state index contributed by atoms with van der Waals surface area (Å²) in [6, 6.07) is 15.9. The Kier molecular flexibility index (Phi) is 6.49. The Hall–Kier alpha value is -3.06. The molecule has 0 aliphatic rings. The summed E-state index contributed by atoms with van der Waals surface area (Å²) >= 11 is 5.06. The molecule has 0 amide bonds. The van der Waals surface area contributed by atoms with Crippen molar-refractivity contribution < 1.29 is 9.47 Å². The van der Waals surface area contributed by atoms with Crippen molar-refractivity contribution in [1.29, 1.82) is 0 Å². The third-order valence-corrected chi connectivity index (χ3v) is 4.80. The highest BCUT2D eigenvalue weighted by atomic mass is 32.1. The minimum atomic E-state index is 0.477. The molecule has 2 aromatic carbocycles. The average Bonchev–Trinajstić information content (AvgIpc) is 3.00. The molecule has 3 aromatic rings. The Balaban J connectivity index is 1.76.